The second-order valence-corrected chi connectivity index (χ2v) is 6.35. The Kier molecular flexibility index (Phi) is 4.23. The molecule has 4 nitrogen and oxygen atoms in total. The molecule has 3 rings (SSSR count). The van der Waals surface area contributed by atoms with Crippen LogP contribution in [-0.2, 0) is 0 Å². The molecule has 116 valence electrons. The maximum atomic E-state index is 12.3. The van der Waals surface area contributed by atoms with E-state index in [0.29, 0.717) is 21.3 Å². The molecule has 0 saturated carbocycles. The maximum Gasteiger partial charge on any atom is 0.281 e. The van der Waals surface area contributed by atoms with Crippen molar-refractivity contribution in [3.05, 3.63) is 70.6 Å². The monoisotopic (exact) mass is 343 g/mol. The van der Waals surface area contributed by atoms with E-state index in [9.17, 15) is 4.79 Å². The number of hydrogen-bond donors (Lipinski definition) is 3. The van der Waals surface area contributed by atoms with Crippen LogP contribution in [0.15, 0.2) is 55.1 Å². The molecule has 3 aromatic rings. The van der Waals surface area contributed by atoms with E-state index >= 15 is 0 Å². The van der Waals surface area contributed by atoms with Crippen molar-refractivity contribution in [2.45, 2.75) is 0 Å². The first-order valence-electron chi connectivity index (χ1n) is 6.84. The Balaban J connectivity index is 1.72. The van der Waals surface area contributed by atoms with Crippen LogP contribution in [0.2, 0.25) is 5.02 Å². The number of benzene rings is 2. The van der Waals surface area contributed by atoms with E-state index in [0.717, 1.165) is 15.6 Å². The first kappa shape index (κ1) is 15.4. The molecule has 0 radical (unpaired) electrons. The van der Waals surface area contributed by atoms with Crippen LogP contribution in [-0.4, -0.2) is 5.91 Å². The summed E-state index contributed by atoms with van der Waals surface area (Å²) in [6.45, 7) is 3.89. The average molecular weight is 344 g/mol. The molecular formula is C17H14ClN3OS. The van der Waals surface area contributed by atoms with Crippen molar-refractivity contribution in [2.24, 2.45) is 0 Å². The van der Waals surface area contributed by atoms with Crippen LogP contribution < -0.4 is 16.6 Å². The van der Waals surface area contributed by atoms with Crippen LogP contribution in [0.25, 0.3) is 15.8 Å². The summed E-state index contributed by atoms with van der Waals surface area (Å²) < 4.78 is 0.972. The fourth-order valence-corrected chi connectivity index (χ4v) is 3.52. The number of anilines is 1. The van der Waals surface area contributed by atoms with Crippen LogP contribution in [0.5, 0.6) is 0 Å². The Morgan fingerprint density at radius 1 is 1.09 bits per heavy atom. The summed E-state index contributed by atoms with van der Waals surface area (Å²) in [6, 6.07) is 14.8. The Labute approximate surface area is 142 Å². The highest BCUT2D eigenvalue weighted by Gasteiger charge is 2.16. The molecule has 2 aromatic carbocycles. The smallest absolute Gasteiger partial charge is 0.281 e. The third kappa shape index (κ3) is 3.16. The molecule has 0 fully saturated rings. The summed E-state index contributed by atoms with van der Waals surface area (Å²) in [7, 11) is 0. The van der Waals surface area contributed by atoms with Gasteiger partial charge in [-0.2, -0.15) is 0 Å². The van der Waals surface area contributed by atoms with Crippen LogP contribution in [0.1, 0.15) is 15.2 Å². The lowest BCUT2D eigenvalue weighted by atomic mass is 10.2. The summed E-state index contributed by atoms with van der Waals surface area (Å²) in [6.07, 6.45) is 0. The quantitative estimate of drug-likeness (QED) is 0.494. The van der Waals surface area contributed by atoms with Crippen LogP contribution >= 0.6 is 22.9 Å². The number of halogens is 1. The Morgan fingerprint density at radius 2 is 1.78 bits per heavy atom. The Hall–Kier alpha value is -2.50. The number of nitrogens with two attached hydrogens (primary N) is 1. The minimum atomic E-state index is -0.298. The van der Waals surface area contributed by atoms with E-state index < -0.39 is 0 Å². The summed E-state index contributed by atoms with van der Waals surface area (Å²) in [5.41, 5.74) is 13.1. The van der Waals surface area contributed by atoms with Gasteiger partial charge in [-0.05, 0) is 23.8 Å². The van der Waals surface area contributed by atoms with E-state index in [4.69, 9.17) is 17.3 Å². The molecular weight excluding hydrogens is 330 g/mol. The van der Waals surface area contributed by atoms with Gasteiger partial charge in [0.25, 0.3) is 5.91 Å². The van der Waals surface area contributed by atoms with Gasteiger partial charge in [0, 0.05) is 15.8 Å². The molecule has 1 aromatic heterocycles. The molecule has 6 heteroatoms. The summed E-state index contributed by atoms with van der Waals surface area (Å²) in [5, 5.41) is 1.34. The number of hydrazine groups is 1. The fraction of sp³-hybridized carbons (Fsp3) is 0. The largest absolute Gasteiger partial charge is 0.399 e. The van der Waals surface area contributed by atoms with Gasteiger partial charge in [0.05, 0.1) is 10.7 Å². The van der Waals surface area contributed by atoms with Gasteiger partial charge in [0.1, 0.15) is 4.88 Å². The molecule has 4 N–H and O–H groups in total. The molecule has 23 heavy (non-hydrogen) atoms. The molecule has 1 heterocycles. The van der Waals surface area contributed by atoms with Gasteiger partial charge >= 0.3 is 0 Å². The number of hydrogen-bond acceptors (Lipinski definition) is 4. The Morgan fingerprint density at radius 3 is 2.48 bits per heavy atom. The lowest BCUT2D eigenvalue weighted by Crippen LogP contribution is -2.35. The van der Waals surface area contributed by atoms with E-state index in [2.05, 4.69) is 17.4 Å². The number of rotatable bonds is 4. The highest BCUT2D eigenvalue weighted by Crippen LogP contribution is 2.34. The number of fused-ring (bicyclic) bond motifs is 1. The predicted octanol–water partition coefficient (Wildman–Crippen LogP) is 4.04. The van der Waals surface area contributed by atoms with E-state index in [-0.39, 0.29) is 5.91 Å². The normalized spacial score (nSPS) is 10.5. The molecule has 1 amide bonds. The van der Waals surface area contributed by atoms with E-state index in [1.54, 1.807) is 12.1 Å². The lowest BCUT2D eigenvalue weighted by Gasteiger charge is -2.11. The molecule has 0 spiro atoms. The van der Waals surface area contributed by atoms with Crippen molar-refractivity contribution >= 4 is 50.3 Å². The molecule has 0 saturated heterocycles. The number of thiophene rings is 1. The molecule has 0 atom stereocenters. The zero-order valence-electron chi connectivity index (χ0n) is 12.1. The third-order valence-corrected chi connectivity index (χ3v) is 5.00. The minimum absolute atomic E-state index is 0.298. The highest BCUT2D eigenvalue weighted by atomic mass is 35.5. The van der Waals surface area contributed by atoms with Gasteiger partial charge in [-0.15, -0.1) is 11.3 Å². The minimum Gasteiger partial charge on any atom is -0.399 e. The number of amides is 1. The second kappa shape index (κ2) is 6.32. The fourth-order valence-electron chi connectivity index (χ4n) is 2.11. The number of nitrogen functional groups attached to an aromatic ring is 1. The van der Waals surface area contributed by atoms with E-state index in [1.165, 1.54) is 11.3 Å². The van der Waals surface area contributed by atoms with Gasteiger partial charge in [0.15, 0.2) is 0 Å². The first-order valence-corrected chi connectivity index (χ1v) is 8.04. The number of carbonyl (C=O) groups excluding carboxylic acids is 1. The van der Waals surface area contributed by atoms with Crippen molar-refractivity contribution in [1.29, 1.82) is 0 Å². The topological polar surface area (TPSA) is 67.1 Å². The molecule has 0 aliphatic rings. The van der Waals surface area contributed by atoms with Gasteiger partial charge in [-0.25, -0.2) is 0 Å². The molecule has 0 aliphatic heterocycles. The van der Waals surface area contributed by atoms with Crippen molar-refractivity contribution in [1.82, 2.24) is 10.9 Å². The summed E-state index contributed by atoms with van der Waals surface area (Å²) in [4.78, 5) is 12.8. The van der Waals surface area contributed by atoms with Crippen molar-refractivity contribution in [3.8, 4) is 0 Å². The van der Waals surface area contributed by atoms with Crippen LogP contribution in [0.3, 0.4) is 0 Å². The number of carbonyl (C=O) groups is 1. The zero-order valence-corrected chi connectivity index (χ0v) is 13.7. The summed E-state index contributed by atoms with van der Waals surface area (Å²) >= 11 is 7.64. The van der Waals surface area contributed by atoms with Gasteiger partial charge in [0.2, 0.25) is 0 Å². The standard InChI is InChI=1S/C17H14ClN3OS/c1-10(11-6-8-12(19)9-7-11)20-21-17(22)16-15(18)13-4-2-3-5-14(13)23-16/h2-9,20H,1,19H2,(H,21,22). The Bertz CT molecular complexity index is 886. The van der Waals surface area contributed by atoms with Crippen molar-refractivity contribution in [2.75, 3.05) is 5.73 Å². The lowest BCUT2D eigenvalue weighted by molar-refractivity contribution is 0.0947. The second-order valence-electron chi connectivity index (χ2n) is 4.92. The third-order valence-electron chi connectivity index (χ3n) is 3.33. The molecule has 0 aliphatic carbocycles. The SMILES string of the molecule is C=C(NNC(=O)c1sc2ccccc2c1Cl)c1ccc(N)cc1. The van der Waals surface area contributed by atoms with E-state index in [1.807, 2.05) is 36.4 Å². The first-order chi connectivity index (χ1) is 11.1. The predicted molar refractivity (Wildman–Crippen MR) is 97.3 cm³/mol. The molecule has 0 bridgehead atoms. The maximum absolute atomic E-state index is 12.3. The highest BCUT2D eigenvalue weighted by molar-refractivity contribution is 7.21. The molecule has 0 unspecified atom stereocenters. The number of nitrogens with one attached hydrogen (secondary N) is 2. The van der Waals surface area contributed by atoms with Crippen molar-refractivity contribution < 1.29 is 4.79 Å². The van der Waals surface area contributed by atoms with Gasteiger partial charge < -0.3 is 5.73 Å². The van der Waals surface area contributed by atoms with Gasteiger partial charge in [-0.3, -0.25) is 15.6 Å². The average Bonchev–Trinajstić information content (AvgIpc) is 2.90. The van der Waals surface area contributed by atoms with Crippen molar-refractivity contribution in [3.63, 3.8) is 0 Å². The zero-order chi connectivity index (χ0) is 16.4. The van der Waals surface area contributed by atoms with Crippen LogP contribution in [0, 0.1) is 0 Å². The summed E-state index contributed by atoms with van der Waals surface area (Å²) in [5.74, 6) is -0.298. The van der Waals surface area contributed by atoms with Crippen LogP contribution in [0.4, 0.5) is 5.69 Å². The van der Waals surface area contributed by atoms with Gasteiger partial charge in [-0.1, -0.05) is 48.5 Å².